The van der Waals surface area contributed by atoms with Gasteiger partial charge < -0.3 is 4.74 Å². The maximum Gasteiger partial charge on any atom is 0.169 e. The van der Waals surface area contributed by atoms with Gasteiger partial charge in [0, 0.05) is 5.57 Å². The van der Waals surface area contributed by atoms with Crippen molar-refractivity contribution in [3.8, 4) is 5.75 Å². The highest BCUT2D eigenvalue weighted by Crippen LogP contribution is 2.34. The fraction of sp³-hybridized carbons (Fsp3) is 0.444. The maximum atomic E-state index is 13.7. The molecule has 1 aliphatic heterocycles. The predicted molar refractivity (Wildman–Crippen MR) is 131 cm³/mol. The Balaban J connectivity index is 2.39. The van der Waals surface area contributed by atoms with Crippen LogP contribution >= 0.6 is 15.9 Å². The molecule has 1 aromatic rings. The van der Waals surface area contributed by atoms with Crippen LogP contribution in [0.15, 0.2) is 64.2 Å². The van der Waals surface area contributed by atoms with Crippen LogP contribution in [0, 0.1) is 23.6 Å². The third kappa shape index (κ3) is 6.29. The van der Waals surface area contributed by atoms with Gasteiger partial charge in [0.15, 0.2) is 5.78 Å². The quantitative estimate of drug-likeness (QED) is 0.262. The number of rotatable bonds is 9. The van der Waals surface area contributed by atoms with Gasteiger partial charge in [0.2, 0.25) is 0 Å². The first-order chi connectivity index (χ1) is 14.7. The van der Waals surface area contributed by atoms with Crippen LogP contribution in [0.1, 0.15) is 53.0 Å². The minimum absolute atomic E-state index is 0.0150. The van der Waals surface area contributed by atoms with Gasteiger partial charge in [0.05, 0.1) is 12.5 Å². The molecular weight excluding hydrogens is 455 g/mol. The average Bonchev–Trinajstić information content (AvgIpc) is 2.78. The molecule has 0 amide bonds. The lowest BCUT2D eigenvalue weighted by Crippen LogP contribution is -2.30. The Kier molecular flexibility index (Phi) is 9.49. The fourth-order valence-electron chi connectivity index (χ4n) is 3.59. The molecule has 31 heavy (non-hydrogen) atoms. The van der Waals surface area contributed by atoms with E-state index in [2.05, 4.69) is 50.2 Å². The fourth-order valence-corrected chi connectivity index (χ4v) is 4.04. The monoisotopic (exact) mass is 488 g/mol. The van der Waals surface area contributed by atoms with E-state index in [1.54, 1.807) is 6.07 Å². The van der Waals surface area contributed by atoms with Gasteiger partial charge in [-0.1, -0.05) is 68.4 Å². The summed E-state index contributed by atoms with van der Waals surface area (Å²) in [6, 6.07) is 4.48. The van der Waals surface area contributed by atoms with E-state index in [1.165, 1.54) is 12.1 Å². The standard InChI is InChI=1S/C27H34BrFO2/c1-7-17(4)19(6)24(11-12-25(28)18(5)8-2)23(9-3)27(30)21-14-20-15-22(29)10-13-26(20)31-16-21/h9-13,15,17-18,21H,6-8,14,16H2,1-5H3/b23-9+,24-11+,25-12+. The summed E-state index contributed by atoms with van der Waals surface area (Å²) in [5.74, 6) is 0.663. The highest BCUT2D eigenvalue weighted by Gasteiger charge is 2.30. The van der Waals surface area contributed by atoms with Crippen LogP contribution in [0.3, 0.4) is 0 Å². The van der Waals surface area contributed by atoms with E-state index < -0.39 is 0 Å². The zero-order valence-corrected chi connectivity index (χ0v) is 20.9. The molecule has 0 aromatic heterocycles. The number of ketones is 1. The van der Waals surface area contributed by atoms with Gasteiger partial charge in [0.1, 0.15) is 11.6 Å². The van der Waals surface area contributed by atoms with Crippen LogP contribution in [0.2, 0.25) is 0 Å². The molecule has 3 atom stereocenters. The van der Waals surface area contributed by atoms with Crippen molar-refractivity contribution in [2.45, 2.75) is 53.9 Å². The van der Waals surface area contributed by atoms with Crippen molar-refractivity contribution in [3.63, 3.8) is 0 Å². The minimum atomic E-state index is -0.351. The summed E-state index contributed by atoms with van der Waals surface area (Å²) < 4.78 is 20.6. The Morgan fingerprint density at radius 2 is 1.90 bits per heavy atom. The summed E-state index contributed by atoms with van der Waals surface area (Å²) in [5.41, 5.74) is 3.21. The van der Waals surface area contributed by atoms with Crippen LogP contribution in [0.5, 0.6) is 5.75 Å². The molecule has 0 saturated carbocycles. The Hall–Kier alpha value is -1.94. The first-order valence-corrected chi connectivity index (χ1v) is 11.9. The smallest absolute Gasteiger partial charge is 0.169 e. The van der Waals surface area contributed by atoms with Gasteiger partial charge in [-0.25, -0.2) is 4.39 Å². The number of ether oxygens (including phenoxy) is 1. The van der Waals surface area contributed by atoms with Gasteiger partial charge in [0.25, 0.3) is 0 Å². The van der Waals surface area contributed by atoms with Crippen molar-refractivity contribution < 1.29 is 13.9 Å². The predicted octanol–water partition coefficient (Wildman–Crippen LogP) is 7.75. The number of fused-ring (bicyclic) bond motifs is 1. The normalized spacial score (nSPS) is 19.3. The van der Waals surface area contributed by atoms with Crippen LogP contribution in [0.25, 0.3) is 0 Å². The molecule has 0 radical (unpaired) electrons. The van der Waals surface area contributed by atoms with E-state index in [4.69, 9.17) is 4.74 Å². The first kappa shape index (κ1) is 25.3. The maximum absolute atomic E-state index is 13.7. The van der Waals surface area contributed by atoms with Gasteiger partial charge in [-0.15, -0.1) is 0 Å². The number of benzene rings is 1. The lowest BCUT2D eigenvalue weighted by molar-refractivity contribution is -0.120. The molecule has 0 fully saturated rings. The summed E-state index contributed by atoms with van der Waals surface area (Å²) in [5, 5.41) is 0. The second kappa shape index (κ2) is 11.6. The Bertz CT molecular complexity index is 910. The summed E-state index contributed by atoms with van der Waals surface area (Å²) in [4.78, 5) is 13.6. The molecular formula is C27H34BrFO2. The van der Waals surface area contributed by atoms with Gasteiger partial charge in [-0.2, -0.15) is 0 Å². The van der Waals surface area contributed by atoms with Crippen LogP contribution < -0.4 is 4.74 Å². The Morgan fingerprint density at radius 3 is 2.52 bits per heavy atom. The highest BCUT2D eigenvalue weighted by atomic mass is 79.9. The highest BCUT2D eigenvalue weighted by molar-refractivity contribution is 9.11. The zero-order chi connectivity index (χ0) is 23.1. The van der Waals surface area contributed by atoms with Crippen molar-refractivity contribution >= 4 is 21.7 Å². The van der Waals surface area contributed by atoms with Crippen molar-refractivity contribution in [2.24, 2.45) is 17.8 Å². The molecule has 3 unspecified atom stereocenters. The number of allylic oxidation sites excluding steroid dienone is 7. The molecule has 0 aliphatic carbocycles. The van der Waals surface area contributed by atoms with E-state index in [0.29, 0.717) is 30.3 Å². The third-order valence-electron chi connectivity index (χ3n) is 6.19. The molecule has 2 rings (SSSR count). The molecule has 1 aliphatic rings. The van der Waals surface area contributed by atoms with Crippen molar-refractivity contribution in [2.75, 3.05) is 6.61 Å². The molecule has 0 saturated heterocycles. The van der Waals surface area contributed by atoms with E-state index in [-0.39, 0.29) is 23.4 Å². The summed E-state index contributed by atoms with van der Waals surface area (Å²) >= 11 is 3.67. The zero-order valence-electron chi connectivity index (χ0n) is 19.3. The molecule has 168 valence electrons. The van der Waals surface area contributed by atoms with Crippen molar-refractivity contribution in [1.82, 2.24) is 0 Å². The van der Waals surface area contributed by atoms with Gasteiger partial charge in [-0.05, 0) is 77.4 Å². The van der Waals surface area contributed by atoms with E-state index in [1.807, 2.05) is 25.2 Å². The van der Waals surface area contributed by atoms with E-state index >= 15 is 0 Å². The topological polar surface area (TPSA) is 26.3 Å². The number of hydrogen-bond acceptors (Lipinski definition) is 2. The molecule has 4 heteroatoms. The number of carbonyl (C=O) groups excluding carboxylic acids is 1. The van der Waals surface area contributed by atoms with Gasteiger partial charge in [-0.3, -0.25) is 4.79 Å². The Morgan fingerprint density at radius 1 is 1.23 bits per heavy atom. The van der Waals surface area contributed by atoms with Crippen molar-refractivity contribution in [3.05, 3.63) is 75.6 Å². The second-order valence-electron chi connectivity index (χ2n) is 8.31. The third-order valence-corrected chi connectivity index (χ3v) is 7.24. The Labute approximate surface area is 195 Å². The molecule has 0 N–H and O–H groups in total. The summed E-state index contributed by atoms with van der Waals surface area (Å²) in [6.45, 7) is 15.1. The molecule has 0 bridgehead atoms. The van der Waals surface area contributed by atoms with E-state index in [9.17, 15) is 9.18 Å². The summed E-state index contributed by atoms with van der Waals surface area (Å²) in [7, 11) is 0. The number of hydrogen-bond donors (Lipinski definition) is 0. The van der Waals surface area contributed by atoms with Crippen molar-refractivity contribution in [1.29, 1.82) is 0 Å². The number of Topliss-reactive ketones (excluding diaryl/α,β-unsaturated/α-hetero) is 1. The van der Waals surface area contributed by atoms with Crippen LogP contribution in [-0.2, 0) is 11.2 Å². The van der Waals surface area contributed by atoms with Crippen LogP contribution in [-0.4, -0.2) is 12.4 Å². The lowest BCUT2D eigenvalue weighted by atomic mass is 9.82. The van der Waals surface area contributed by atoms with Crippen LogP contribution in [0.4, 0.5) is 4.39 Å². The first-order valence-electron chi connectivity index (χ1n) is 11.1. The van der Waals surface area contributed by atoms with Gasteiger partial charge >= 0.3 is 0 Å². The molecule has 1 aromatic carbocycles. The largest absolute Gasteiger partial charge is 0.493 e. The van der Waals surface area contributed by atoms with E-state index in [0.717, 1.165) is 34.0 Å². The second-order valence-corrected chi connectivity index (χ2v) is 9.22. The SMILES string of the molecule is C=C(C(=C\C=C(\Br)C(C)CC)/C(=C\C)C(=O)C1COc2ccc(F)cc2C1)C(C)CC. The number of halogens is 2. The minimum Gasteiger partial charge on any atom is -0.493 e. The summed E-state index contributed by atoms with van der Waals surface area (Å²) in [6.07, 6.45) is 8.35. The average molecular weight is 489 g/mol. The molecule has 1 heterocycles. The number of carbonyl (C=O) groups is 1. The lowest BCUT2D eigenvalue weighted by Gasteiger charge is -2.27. The molecule has 2 nitrogen and oxygen atoms in total. The molecule has 0 spiro atoms.